The second-order valence-corrected chi connectivity index (χ2v) is 5.88. The minimum absolute atomic E-state index is 0.402. The second kappa shape index (κ2) is 5.81. The average molecular weight is 366 g/mol. The first kappa shape index (κ1) is 14.2. The monoisotopic (exact) mass is 364 g/mol. The minimum atomic E-state index is -0.843. The van der Waals surface area contributed by atoms with Crippen molar-refractivity contribution in [2.24, 2.45) is 0 Å². The maximum absolute atomic E-state index is 10.3. The molecule has 0 aromatic heterocycles. The Morgan fingerprint density at radius 2 is 1.56 bits per heavy atom. The van der Waals surface area contributed by atoms with Gasteiger partial charge >= 0.3 is 0 Å². The van der Waals surface area contributed by atoms with Crippen molar-refractivity contribution >= 4 is 50.7 Å². The molecule has 94 valence electrons. The summed E-state index contributed by atoms with van der Waals surface area (Å²) in [6, 6.07) is 10.3. The molecule has 1 atom stereocenters. The van der Waals surface area contributed by atoms with Gasteiger partial charge in [-0.25, -0.2) is 0 Å². The molecule has 18 heavy (non-hydrogen) atoms. The summed E-state index contributed by atoms with van der Waals surface area (Å²) in [7, 11) is 0. The van der Waals surface area contributed by atoms with Crippen molar-refractivity contribution < 1.29 is 5.11 Å². The maximum Gasteiger partial charge on any atom is 0.106 e. The summed E-state index contributed by atoms with van der Waals surface area (Å²) in [5.41, 5.74) is 1.26. The molecule has 0 spiro atoms. The first-order chi connectivity index (χ1) is 8.49. The quantitative estimate of drug-likeness (QED) is 0.745. The lowest BCUT2D eigenvalue weighted by molar-refractivity contribution is 0.220. The normalized spacial score (nSPS) is 12.5. The zero-order valence-corrected chi connectivity index (χ0v) is 12.9. The predicted molar refractivity (Wildman–Crippen MR) is 79.7 cm³/mol. The molecule has 1 unspecified atom stereocenters. The average Bonchev–Trinajstić information content (AvgIpc) is 2.35. The number of benzene rings is 2. The summed E-state index contributed by atoms with van der Waals surface area (Å²) in [5.74, 6) is 0. The first-order valence-corrected chi connectivity index (χ1v) is 6.99. The SMILES string of the molecule is OC(c1ccc(Cl)c(Cl)c1)c1cc(Br)ccc1Cl. The molecule has 2 aromatic carbocycles. The van der Waals surface area contributed by atoms with Crippen LogP contribution in [0.25, 0.3) is 0 Å². The van der Waals surface area contributed by atoms with Gasteiger partial charge in [0.2, 0.25) is 0 Å². The highest BCUT2D eigenvalue weighted by atomic mass is 79.9. The van der Waals surface area contributed by atoms with Crippen LogP contribution in [-0.4, -0.2) is 5.11 Å². The highest BCUT2D eigenvalue weighted by Gasteiger charge is 2.15. The number of hydrogen-bond acceptors (Lipinski definition) is 1. The molecule has 2 rings (SSSR count). The van der Waals surface area contributed by atoms with Crippen molar-refractivity contribution in [3.05, 3.63) is 67.1 Å². The van der Waals surface area contributed by atoms with Gasteiger partial charge in [-0.2, -0.15) is 0 Å². The Bertz CT molecular complexity index is 586. The number of halogens is 4. The molecule has 0 saturated heterocycles. The van der Waals surface area contributed by atoms with E-state index in [1.165, 1.54) is 0 Å². The van der Waals surface area contributed by atoms with Crippen LogP contribution in [0.15, 0.2) is 40.9 Å². The smallest absolute Gasteiger partial charge is 0.106 e. The molecule has 0 radical (unpaired) electrons. The number of hydrogen-bond donors (Lipinski definition) is 1. The molecule has 0 saturated carbocycles. The third-order valence-corrected chi connectivity index (χ3v) is 4.09. The van der Waals surface area contributed by atoms with Gasteiger partial charge in [-0.3, -0.25) is 0 Å². The third kappa shape index (κ3) is 3.01. The Balaban J connectivity index is 2.44. The van der Waals surface area contributed by atoms with Gasteiger partial charge < -0.3 is 5.11 Å². The molecule has 2 aromatic rings. The van der Waals surface area contributed by atoms with E-state index in [4.69, 9.17) is 34.8 Å². The van der Waals surface area contributed by atoms with Crippen molar-refractivity contribution in [3.8, 4) is 0 Å². The zero-order chi connectivity index (χ0) is 13.3. The summed E-state index contributed by atoms with van der Waals surface area (Å²) < 4.78 is 0.848. The van der Waals surface area contributed by atoms with E-state index in [0.717, 1.165) is 4.47 Å². The van der Waals surface area contributed by atoms with Gasteiger partial charge in [0.1, 0.15) is 6.10 Å². The summed E-state index contributed by atoms with van der Waals surface area (Å²) in [5, 5.41) is 11.7. The summed E-state index contributed by atoms with van der Waals surface area (Å²) >= 11 is 21.2. The lowest BCUT2D eigenvalue weighted by Crippen LogP contribution is -2.00. The lowest BCUT2D eigenvalue weighted by Gasteiger charge is -2.14. The molecule has 1 N–H and O–H groups in total. The highest BCUT2D eigenvalue weighted by molar-refractivity contribution is 9.10. The summed E-state index contributed by atoms with van der Waals surface area (Å²) in [4.78, 5) is 0. The fourth-order valence-corrected chi connectivity index (χ4v) is 2.49. The van der Waals surface area contributed by atoms with Crippen molar-refractivity contribution in [1.82, 2.24) is 0 Å². The van der Waals surface area contributed by atoms with E-state index in [1.54, 1.807) is 30.3 Å². The van der Waals surface area contributed by atoms with Gasteiger partial charge in [-0.05, 0) is 35.9 Å². The number of rotatable bonds is 2. The van der Waals surface area contributed by atoms with Gasteiger partial charge in [-0.15, -0.1) is 0 Å². The van der Waals surface area contributed by atoms with E-state index in [9.17, 15) is 5.11 Å². The third-order valence-electron chi connectivity index (χ3n) is 2.51. The molecular formula is C13H8BrCl3O. The van der Waals surface area contributed by atoms with E-state index in [-0.39, 0.29) is 0 Å². The van der Waals surface area contributed by atoms with E-state index in [2.05, 4.69) is 15.9 Å². The van der Waals surface area contributed by atoms with E-state index < -0.39 is 6.10 Å². The largest absolute Gasteiger partial charge is 0.384 e. The minimum Gasteiger partial charge on any atom is -0.384 e. The van der Waals surface area contributed by atoms with Crippen molar-refractivity contribution in [2.75, 3.05) is 0 Å². The van der Waals surface area contributed by atoms with Gasteiger partial charge in [0.25, 0.3) is 0 Å². The van der Waals surface area contributed by atoms with E-state index >= 15 is 0 Å². The van der Waals surface area contributed by atoms with Gasteiger partial charge in [0.15, 0.2) is 0 Å². The van der Waals surface area contributed by atoms with Crippen LogP contribution in [0, 0.1) is 0 Å². The molecule has 0 fully saturated rings. The van der Waals surface area contributed by atoms with Crippen LogP contribution in [0.2, 0.25) is 15.1 Å². The zero-order valence-electron chi connectivity index (χ0n) is 9.00. The fourth-order valence-electron chi connectivity index (χ4n) is 1.59. The number of aliphatic hydroxyl groups excluding tert-OH is 1. The van der Waals surface area contributed by atoms with E-state index in [0.29, 0.717) is 26.2 Å². The van der Waals surface area contributed by atoms with Crippen LogP contribution in [0.5, 0.6) is 0 Å². The summed E-state index contributed by atoms with van der Waals surface area (Å²) in [6.07, 6.45) is -0.843. The maximum atomic E-state index is 10.3. The molecule has 1 nitrogen and oxygen atoms in total. The van der Waals surface area contributed by atoms with Crippen molar-refractivity contribution in [3.63, 3.8) is 0 Å². The molecular weight excluding hydrogens is 358 g/mol. The Labute approximate surface area is 128 Å². The van der Waals surface area contributed by atoms with Crippen molar-refractivity contribution in [2.45, 2.75) is 6.10 Å². The fraction of sp³-hybridized carbons (Fsp3) is 0.0769. The molecule has 0 amide bonds. The van der Waals surface area contributed by atoms with Crippen LogP contribution < -0.4 is 0 Å². The number of aliphatic hydroxyl groups is 1. The van der Waals surface area contributed by atoms with Gasteiger partial charge in [-0.1, -0.05) is 56.8 Å². The lowest BCUT2D eigenvalue weighted by atomic mass is 10.0. The van der Waals surface area contributed by atoms with Crippen LogP contribution in [0.4, 0.5) is 0 Å². The Hall–Kier alpha value is -0.250. The van der Waals surface area contributed by atoms with E-state index in [1.807, 2.05) is 6.07 Å². The molecule has 0 aliphatic heterocycles. The van der Waals surface area contributed by atoms with Crippen LogP contribution >= 0.6 is 50.7 Å². The first-order valence-electron chi connectivity index (χ1n) is 5.07. The van der Waals surface area contributed by atoms with Crippen molar-refractivity contribution in [1.29, 1.82) is 0 Å². The molecule has 0 heterocycles. The summed E-state index contributed by atoms with van der Waals surface area (Å²) in [6.45, 7) is 0. The van der Waals surface area contributed by atoms with Crippen LogP contribution in [0.3, 0.4) is 0 Å². The molecule has 0 aliphatic rings. The second-order valence-electron chi connectivity index (χ2n) is 3.74. The van der Waals surface area contributed by atoms with Gasteiger partial charge in [0, 0.05) is 15.1 Å². The predicted octanol–water partition coefficient (Wildman–Crippen LogP) is 5.49. The molecule has 5 heteroatoms. The van der Waals surface area contributed by atoms with Crippen LogP contribution in [0.1, 0.15) is 17.2 Å². The molecule has 0 aliphatic carbocycles. The Kier molecular flexibility index (Phi) is 4.57. The molecule has 0 bridgehead atoms. The highest BCUT2D eigenvalue weighted by Crippen LogP contribution is 2.33. The Morgan fingerprint density at radius 1 is 0.889 bits per heavy atom. The standard InChI is InChI=1S/C13H8BrCl3O/c14-8-2-4-10(15)9(6-8)13(18)7-1-3-11(16)12(17)5-7/h1-6,13,18H. The topological polar surface area (TPSA) is 20.2 Å². The van der Waals surface area contributed by atoms with Crippen LogP contribution in [-0.2, 0) is 0 Å². The van der Waals surface area contributed by atoms with Gasteiger partial charge in [0.05, 0.1) is 10.0 Å². The Morgan fingerprint density at radius 3 is 2.22 bits per heavy atom.